The van der Waals surface area contributed by atoms with E-state index < -0.39 is 68.7 Å². The molecular weight excluding hydrogens is 452 g/mol. The number of nitro benzene ring substituents is 1. The highest BCUT2D eigenvalue weighted by atomic mass is 32.2. The highest BCUT2D eigenvalue weighted by Crippen LogP contribution is 2.35. The minimum atomic E-state index is -5.47. The van der Waals surface area contributed by atoms with E-state index in [0.717, 1.165) is 6.07 Å². The van der Waals surface area contributed by atoms with Gasteiger partial charge in [0, 0.05) is 42.0 Å². The average Bonchev–Trinajstić information content (AvgIpc) is 3.01. The van der Waals surface area contributed by atoms with Crippen LogP contribution < -0.4 is 5.32 Å². The number of nitrogens with zero attached hydrogens (tertiary/aromatic N) is 5. The van der Waals surface area contributed by atoms with Gasteiger partial charge < -0.3 is 10.4 Å². The zero-order valence-electron chi connectivity index (χ0n) is 16.5. The summed E-state index contributed by atoms with van der Waals surface area (Å²) in [7, 11) is -5.47. The maximum Gasteiger partial charge on any atom is 0.348 e. The van der Waals surface area contributed by atoms with Gasteiger partial charge in [0.1, 0.15) is 5.69 Å². The molecule has 2 rings (SSSR count). The molecule has 3 N–H and O–H groups in total. The molecule has 0 bridgehead atoms. The number of carbonyl (C=O) groups is 3. The molecule has 15 nitrogen and oxygen atoms in total. The molecule has 1 aliphatic heterocycles. The van der Waals surface area contributed by atoms with Crippen molar-refractivity contribution in [1.29, 1.82) is 0 Å². The number of likely N-dealkylation sites (tertiary alicyclic amines) is 1. The Morgan fingerprint density at radius 3 is 2.47 bits per heavy atom. The first-order chi connectivity index (χ1) is 14.8. The van der Waals surface area contributed by atoms with Crippen molar-refractivity contribution in [1.82, 2.24) is 4.90 Å². The second-order valence-corrected chi connectivity index (χ2v) is 8.55. The van der Waals surface area contributed by atoms with Crippen molar-refractivity contribution in [2.45, 2.75) is 43.5 Å². The highest BCUT2D eigenvalue weighted by Gasteiger charge is 2.60. The Labute approximate surface area is 180 Å². The van der Waals surface area contributed by atoms with E-state index in [1.54, 1.807) is 0 Å². The van der Waals surface area contributed by atoms with Crippen molar-refractivity contribution in [2.75, 3.05) is 5.32 Å². The minimum absolute atomic E-state index is 0.0280. The van der Waals surface area contributed by atoms with Crippen LogP contribution in [0.2, 0.25) is 0 Å². The molecule has 172 valence electrons. The normalized spacial score (nSPS) is 16.8. The smallest absolute Gasteiger partial charge is 0.348 e. The largest absolute Gasteiger partial charge is 0.479 e. The van der Waals surface area contributed by atoms with Crippen LogP contribution in [0.5, 0.6) is 0 Å². The molecule has 0 radical (unpaired) electrons. The lowest BCUT2D eigenvalue weighted by molar-refractivity contribution is -0.383. The molecule has 2 amide bonds. The number of hydrogen-bond acceptors (Lipinski definition) is 9. The number of carboxylic acid groups (broad SMARTS) is 1. The van der Waals surface area contributed by atoms with E-state index in [2.05, 4.69) is 15.3 Å². The number of azide groups is 1. The lowest BCUT2D eigenvalue weighted by atomic mass is 10.0. The fourth-order valence-electron chi connectivity index (χ4n) is 3.31. The lowest BCUT2D eigenvalue weighted by Gasteiger charge is -2.34. The second-order valence-electron chi connectivity index (χ2n) is 6.92. The van der Waals surface area contributed by atoms with Gasteiger partial charge >= 0.3 is 16.1 Å². The van der Waals surface area contributed by atoms with Gasteiger partial charge in [-0.05, 0) is 24.9 Å². The molecule has 0 spiro atoms. The number of hydrogen-bond donors (Lipinski definition) is 3. The summed E-state index contributed by atoms with van der Waals surface area (Å²) >= 11 is 0. The number of anilines is 1. The standard InChI is InChI=1S/C16H18N6O9S/c1-9(18-11-3-2-10(19-20-17)8-12(11)22(27)28)6-7-16(15(25)26,32(29,30)31)21-13(23)4-5-14(21)24/h2-3,8-9,18H,4-7H2,1H3,(H,25,26)(H,29,30,31). The fourth-order valence-corrected chi connectivity index (χ4v) is 4.34. The quantitative estimate of drug-likeness (QED) is 0.0854. The molecule has 1 fully saturated rings. The number of amides is 2. The molecule has 0 aromatic heterocycles. The number of imide groups is 1. The van der Waals surface area contributed by atoms with Crippen LogP contribution in [0.25, 0.3) is 10.4 Å². The summed E-state index contributed by atoms with van der Waals surface area (Å²) < 4.78 is 33.8. The van der Waals surface area contributed by atoms with Gasteiger partial charge in [-0.2, -0.15) is 8.42 Å². The van der Waals surface area contributed by atoms with E-state index in [4.69, 9.17) is 5.53 Å². The number of nitro groups is 1. The number of benzene rings is 1. The van der Waals surface area contributed by atoms with Crippen LogP contribution in [0.3, 0.4) is 0 Å². The maximum atomic E-state index is 12.1. The summed E-state index contributed by atoms with van der Waals surface area (Å²) in [6.07, 6.45) is -2.02. The summed E-state index contributed by atoms with van der Waals surface area (Å²) in [5, 5.41) is 26.9. The number of nitrogens with one attached hydrogen (secondary N) is 1. The molecule has 1 aliphatic rings. The lowest BCUT2D eigenvalue weighted by Crippen LogP contribution is -2.62. The Morgan fingerprint density at radius 1 is 1.41 bits per heavy atom. The van der Waals surface area contributed by atoms with E-state index >= 15 is 0 Å². The van der Waals surface area contributed by atoms with Crippen molar-refractivity contribution >= 4 is 45.0 Å². The first-order valence-corrected chi connectivity index (χ1v) is 10.5. The van der Waals surface area contributed by atoms with Gasteiger partial charge in [0.25, 0.3) is 10.6 Å². The third-order valence-electron chi connectivity index (χ3n) is 4.83. The molecule has 0 aliphatic carbocycles. The van der Waals surface area contributed by atoms with Gasteiger partial charge in [0.2, 0.25) is 11.8 Å². The summed E-state index contributed by atoms with van der Waals surface area (Å²) in [6.45, 7) is 1.44. The number of rotatable bonds is 10. The Hall–Kier alpha value is -3.75. The van der Waals surface area contributed by atoms with Gasteiger partial charge in [-0.1, -0.05) is 11.2 Å². The van der Waals surface area contributed by atoms with Gasteiger partial charge in [-0.15, -0.1) is 0 Å². The molecule has 1 heterocycles. The van der Waals surface area contributed by atoms with E-state index in [1.807, 2.05) is 0 Å². The van der Waals surface area contributed by atoms with E-state index in [-0.39, 0.29) is 22.7 Å². The van der Waals surface area contributed by atoms with E-state index in [1.165, 1.54) is 19.1 Å². The summed E-state index contributed by atoms with van der Waals surface area (Å²) in [4.78, 5) is 45.9. The Morgan fingerprint density at radius 2 is 2.00 bits per heavy atom. The van der Waals surface area contributed by atoms with Crippen molar-refractivity contribution in [2.24, 2.45) is 5.11 Å². The van der Waals surface area contributed by atoms with Crippen molar-refractivity contribution in [3.05, 3.63) is 38.8 Å². The summed E-state index contributed by atoms with van der Waals surface area (Å²) in [5.41, 5.74) is 7.92. The topological polar surface area (TPSA) is 233 Å². The highest BCUT2D eigenvalue weighted by molar-refractivity contribution is 7.88. The van der Waals surface area contributed by atoms with Gasteiger partial charge in [0.05, 0.1) is 4.92 Å². The Kier molecular flexibility index (Phi) is 7.03. The van der Waals surface area contributed by atoms with Crippen LogP contribution in [0.15, 0.2) is 23.3 Å². The Bertz CT molecular complexity index is 1110. The predicted molar refractivity (Wildman–Crippen MR) is 107 cm³/mol. The molecule has 0 saturated carbocycles. The third kappa shape index (κ3) is 4.61. The van der Waals surface area contributed by atoms with Crippen LogP contribution in [0, 0.1) is 10.1 Å². The van der Waals surface area contributed by atoms with Gasteiger partial charge in [-0.25, -0.2) is 9.69 Å². The molecule has 2 atom stereocenters. The predicted octanol–water partition coefficient (Wildman–Crippen LogP) is 1.93. The summed E-state index contributed by atoms with van der Waals surface area (Å²) in [5.74, 6) is -4.22. The molecule has 1 aromatic carbocycles. The van der Waals surface area contributed by atoms with Crippen LogP contribution in [-0.2, 0) is 24.5 Å². The third-order valence-corrected chi connectivity index (χ3v) is 6.24. The average molecular weight is 470 g/mol. The monoisotopic (exact) mass is 470 g/mol. The molecule has 2 unspecified atom stereocenters. The van der Waals surface area contributed by atoms with Gasteiger partial charge in [-0.3, -0.25) is 24.3 Å². The van der Waals surface area contributed by atoms with Crippen LogP contribution in [0.1, 0.15) is 32.6 Å². The van der Waals surface area contributed by atoms with Gasteiger partial charge in [0.15, 0.2) is 0 Å². The molecular formula is C16H18N6O9S. The molecule has 32 heavy (non-hydrogen) atoms. The van der Waals surface area contributed by atoms with Crippen LogP contribution >= 0.6 is 0 Å². The molecule has 1 aromatic rings. The van der Waals surface area contributed by atoms with Crippen molar-refractivity contribution in [3.8, 4) is 0 Å². The minimum Gasteiger partial charge on any atom is -0.479 e. The van der Waals surface area contributed by atoms with Crippen LogP contribution in [-0.4, -0.2) is 56.6 Å². The number of carboxylic acids is 1. The first-order valence-electron chi connectivity index (χ1n) is 9.01. The second kappa shape index (κ2) is 9.17. The zero-order chi connectivity index (χ0) is 24.3. The van der Waals surface area contributed by atoms with Crippen molar-refractivity contribution < 1.29 is 37.4 Å². The SMILES string of the molecule is CC(CCC(C(=O)O)(N1C(=O)CCC1=O)S(=O)(=O)O)Nc1ccc(N=[N+]=[N-])cc1[N+](=O)[O-]. The first kappa shape index (κ1) is 24.5. The maximum absolute atomic E-state index is 12.1. The van der Waals surface area contributed by atoms with E-state index in [9.17, 15) is 42.6 Å². The number of carbonyl (C=O) groups excluding carboxylic acids is 2. The summed E-state index contributed by atoms with van der Waals surface area (Å²) in [6, 6.07) is 2.70. The van der Waals surface area contributed by atoms with Crippen molar-refractivity contribution in [3.63, 3.8) is 0 Å². The van der Waals surface area contributed by atoms with Crippen LogP contribution in [0.4, 0.5) is 17.1 Å². The van der Waals surface area contributed by atoms with E-state index in [0.29, 0.717) is 0 Å². The molecule has 16 heteroatoms. The Balaban J connectivity index is 2.34. The zero-order valence-corrected chi connectivity index (χ0v) is 17.4. The number of aliphatic carboxylic acids is 1. The fraction of sp³-hybridized carbons (Fsp3) is 0.438. The molecule has 1 saturated heterocycles.